The molecule has 1 heterocycles. The molecule has 0 aliphatic heterocycles. The van der Waals surface area contributed by atoms with Crippen molar-refractivity contribution in [3.05, 3.63) is 58.1 Å². The number of nitrogens with zero attached hydrogens (tertiary/aromatic N) is 1. The summed E-state index contributed by atoms with van der Waals surface area (Å²) in [5, 5.41) is 0. The van der Waals surface area contributed by atoms with Crippen LogP contribution in [-0.4, -0.2) is 4.98 Å². The first-order valence-electron chi connectivity index (χ1n) is 5.14. The molecule has 17 heavy (non-hydrogen) atoms. The number of aryl methyl sites for hydroxylation is 1. The van der Waals surface area contributed by atoms with Crippen molar-refractivity contribution in [2.45, 2.75) is 13.5 Å². The molecule has 0 fully saturated rings. The molecule has 0 spiro atoms. The minimum absolute atomic E-state index is 0.323. The lowest BCUT2D eigenvalue weighted by molar-refractivity contribution is 0.304. The van der Waals surface area contributed by atoms with Crippen LogP contribution < -0.4 is 4.74 Å². The first-order chi connectivity index (χ1) is 8.13. The quantitative estimate of drug-likeness (QED) is 0.857. The molecule has 0 bridgehead atoms. The highest BCUT2D eigenvalue weighted by Gasteiger charge is 2.01. The third kappa shape index (κ3) is 3.53. The number of benzene rings is 1. The molecule has 0 atom stereocenters. The highest BCUT2D eigenvalue weighted by molar-refractivity contribution is 9.10. The van der Waals surface area contributed by atoms with Crippen molar-refractivity contribution in [3.8, 4) is 5.75 Å². The average Bonchev–Trinajstić information content (AvgIpc) is 2.27. The zero-order valence-corrected chi connectivity index (χ0v) is 10.9. The van der Waals surface area contributed by atoms with Crippen LogP contribution in [0.25, 0.3) is 0 Å². The Kier molecular flexibility index (Phi) is 3.74. The fourth-order valence-electron chi connectivity index (χ4n) is 1.36. The lowest BCUT2D eigenvalue weighted by atomic mass is 10.2. The van der Waals surface area contributed by atoms with E-state index >= 15 is 0 Å². The maximum absolute atomic E-state index is 13.1. The van der Waals surface area contributed by atoms with Crippen molar-refractivity contribution >= 4 is 15.9 Å². The Morgan fingerprint density at radius 1 is 1.29 bits per heavy atom. The van der Waals surface area contributed by atoms with E-state index in [1.54, 1.807) is 12.3 Å². The van der Waals surface area contributed by atoms with Crippen LogP contribution in [0.15, 0.2) is 41.0 Å². The van der Waals surface area contributed by atoms with E-state index in [1.807, 2.05) is 19.1 Å². The van der Waals surface area contributed by atoms with E-state index in [4.69, 9.17) is 4.74 Å². The van der Waals surface area contributed by atoms with Crippen molar-refractivity contribution in [2.75, 3.05) is 0 Å². The Labute approximate surface area is 108 Å². The second kappa shape index (κ2) is 5.27. The number of rotatable bonds is 3. The topological polar surface area (TPSA) is 22.1 Å². The summed E-state index contributed by atoms with van der Waals surface area (Å²) in [7, 11) is 0. The zero-order valence-electron chi connectivity index (χ0n) is 9.28. The molecule has 2 aromatic rings. The van der Waals surface area contributed by atoms with E-state index < -0.39 is 0 Å². The first kappa shape index (κ1) is 12.0. The van der Waals surface area contributed by atoms with Crippen LogP contribution in [0.4, 0.5) is 4.39 Å². The van der Waals surface area contributed by atoms with Crippen molar-refractivity contribution < 1.29 is 9.13 Å². The minimum atomic E-state index is -0.323. The molecule has 4 heteroatoms. The lowest BCUT2D eigenvalue weighted by Crippen LogP contribution is -1.97. The summed E-state index contributed by atoms with van der Waals surface area (Å²) in [5.41, 5.74) is 1.92. The van der Waals surface area contributed by atoms with Gasteiger partial charge in [0.2, 0.25) is 0 Å². The predicted molar refractivity (Wildman–Crippen MR) is 67.4 cm³/mol. The van der Waals surface area contributed by atoms with Crippen LogP contribution in [0.2, 0.25) is 0 Å². The van der Waals surface area contributed by atoms with E-state index in [9.17, 15) is 4.39 Å². The average molecular weight is 296 g/mol. The fraction of sp³-hybridized carbons (Fsp3) is 0.154. The van der Waals surface area contributed by atoms with Gasteiger partial charge in [-0.2, -0.15) is 0 Å². The van der Waals surface area contributed by atoms with Gasteiger partial charge in [-0.3, -0.25) is 4.98 Å². The molecule has 0 unspecified atom stereocenters. The van der Waals surface area contributed by atoms with Crippen LogP contribution >= 0.6 is 15.9 Å². The molecule has 0 amide bonds. The highest BCUT2D eigenvalue weighted by atomic mass is 79.9. The summed E-state index contributed by atoms with van der Waals surface area (Å²) in [4.78, 5) is 4.16. The maximum Gasteiger partial charge on any atom is 0.128 e. The Balaban J connectivity index is 2.04. The van der Waals surface area contributed by atoms with Crippen LogP contribution in [0.1, 0.15) is 11.3 Å². The normalized spacial score (nSPS) is 10.3. The summed E-state index contributed by atoms with van der Waals surface area (Å²) in [6, 6.07) is 8.33. The third-order valence-corrected chi connectivity index (χ3v) is 2.67. The highest BCUT2D eigenvalue weighted by Crippen LogP contribution is 2.21. The molecule has 0 saturated carbocycles. The summed E-state index contributed by atoms with van der Waals surface area (Å²) in [6.45, 7) is 2.30. The number of hydrogen-bond acceptors (Lipinski definition) is 2. The summed E-state index contributed by atoms with van der Waals surface area (Å²) >= 11 is 3.22. The van der Waals surface area contributed by atoms with Crippen LogP contribution in [0.3, 0.4) is 0 Å². The van der Waals surface area contributed by atoms with Gasteiger partial charge < -0.3 is 4.74 Å². The molecule has 0 radical (unpaired) electrons. The van der Waals surface area contributed by atoms with E-state index in [2.05, 4.69) is 20.9 Å². The largest absolute Gasteiger partial charge is 0.489 e. The number of halogens is 2. The van der Waals surface area contributed by atoms with Crippen molar-refractivity contribution in [1.82, 2.24) is 4.98 Å². The molecular weight excluding hydrogens is 285 g/mol. The monoisotopic (exact) mass is 295 g/mol. The van der Waals surface area contributed by atoms with Gasteiger partial charge in [0.25, 0.3) is 0 Å². The zero-order chi connectivity index (χ0) is 12.3. The second-order valence-electron chi connectivity index (χ2n) is 3.70. The van der Waals surface area contributed by atoms with Crippen molar-refractivity contribution in [3.63, 3.8) is 0 Å². The van der Waals surface area contributed by atoms with Crippen LogP contribution in [-0.2, 0) is 6.61 Å². The maximum atomic E-state index is 13.1. The van der Waals surface area contributed by atoms with Gasteiger partial charge in [-0.1, -0.05) is 22.0 Å². The predicted octanol–water partition coefficient (Wildman–Crippen LogP) is 3.87. The van der Waals surface area contributed by atoms with Gasteiger partial charge in [0.05, 0.1) is 0 Å². The van der Waals surface area contributed by atoms with Gasteiger partial charge in [-0.25, -0.2) is 4.39 Å². The van der Waals surface area contributed by atoms with E-state index in [0.717, 1.165) is 11.3 Å². The van der Waals surface area contributed by atoms with Crippen LogP contribution in [0, 0.1) is 12.7 Å². The van der Waals surface area contributed by atoms with Gasteiger partial charge in [-0.15, -0.1) is 0 Å². The standard InChI is InChI=1S/C13H11BrFNO/c1-9-2-3-10(7-16-9)8-17-13-5-11(14)4-12(15)6-13/h2-7H,8H2,1H3. The van der Waals surface area contributed by atoms with Gasteiger partial charge in [0, 0.05) is 28.0 Å². The van der Waals surface area contributed by atoms with Gasteiger partial charge >= 0.3 is 0 Å². The fourth-order valence-corrected chi connectivity index (χ4v) is 1.81. The third-order valence-electron chi connectivity index (χ3n) is 2.21. The van der Waals surface area contributed by atoms with E-state index in [-0.39, 0.29) is 5.82 Å². The van der Waals surface area contributed by atoms with E-state index in [0.29, 0.717) is 16.8 Å². The Morgan fingerprint density at radius 2 is 2.12 bits per heavy atom. The smallest absolute Gasteiger partial charge is 0.128 e. The van der Waals surface area contributed by atoms with Gasteiger partial charge in [0.1, 0.15) is 18.2 Å². The molecule has 2 rings (SSSR count). The number of aromatic nitrogens is 1. The molecule has 88 valence electrons. The Morgan fingerprint density at radius 3 is 2.76 bits per heavy atom. The number of pyridine rings is 1. The molecule has 0 aliphatic carbocycles. The molecular formula is C13H11BrFNO. The SMILES string of the molecule is Cc1ccc(COc2cc(F)cc(Br)c2)cn1. The number of ether oxygens (including phenoxy) is 1. The minimum Gasteiger partial charge on any atom is -0.489 e. The van der Waals surface area contributed by atoms with Crippen molar-refractivity contribution in [2.24, 2.45) is 0 Å². The molecule has 0 aliphatic rings. The molecule has 2 nitrogen and oxygen atoms in total. The van der Waals surface area contributed by atoms with Gasteiger partial charge in [-0.05, 0) is 25.1 Å². The number of hydrogen-bond donors (Lipinski definition) is 0. The lowest BCUT2D eigenvalue weighted by Gasteiger charge is -2.06. The Bertz CT molecular complexity index is 493. The molecule has 0 N–H and O–H groups in total. The Hall–Kier alpha value is -1.42. The second-order valence-corrected chi connectivity index (χ2v) is 4.62. The summed E-state index contributed by atoms with van der Waals surface area (Å²) in [6.07, 6.45) is 1.75. The van der Waals surface area contributed by atoms with Crippen molar-refractivity contribution in [1.29, 1.82) is 0 Å². The first-order valence-corrected chi connectivity index (χ1v) is 5.93. The van der Waals surface area contributed by atoms with Crippen LogP contribution in [0.5, 0.6) is 5.75 Å². The molecule has 1 aromatic carbocycles. The molecule has 0 saturated heterocycles. The van der Waals surface area contributed by atoms with E-state index in [1.165, 1.54) is 12.1 Å². The summed E-state index contributed by atoms with van der Waals surface area (Å²) < 4.78 is 19.2. The van der Waals surface area contributed by atoms with Gasteiger partial charge in [0.15, 0.2) is 0 Å². The molecule has 1 aromatic heterocycles. The summed E-state index contributed by atoms with van der Waals surface area (Å²) in [5.74, 6) is 0.175.